The van der Waals surface area contributed by atoms with Gasteiger partial charge in [0.1, 0.15) is 0 Å². The number of benzene rings is 1. The molecule has 1 aliphatic rings. The Hall–Kier alpha value is -1.65. The van der Waals surface area contributed by atoms with E-state index in [0.29, 0.717) is 19.5 Å². The zero-order chi connectivity index (χ0) is 13.7. The predicted octanol–water partition coefficient (Wildman–Crippen LogP) is 0.911. The van der Waals surface area contributed by atoms with Gasteiger partial charge in [-0.15, -0.1) is 0 Å². The van der Waals surface area contributed by atoms with Crippen LogP contribution in [-0.4, -0.2) is 35.1 Å². The minimum atomic E-state index is -0.148. The molecule has 0 saturated heterocycles. The molecule has 1 aromatic carbocycles. The molecule has 0 bridgehead atoms. The maximum absolute atomic E-state index is 12.4. The van der Waals surface area contributed by atoms with Gasteiger partial charge in [-0.2, -0.15) is 0 Å². The molecule has 4 nitrogen and oxygen atoms in total. The van der Waals surface area contributed by atoms with E-state index in [-0.39, 0.29) is 24.5 Å². The summed E-state index contributed by atoms with van der Waals surface area (Å²) in [6, 6.07) is 9.77. The van der Waals surface area contributed by atoms with Crippen molar-refractivity contribution in [1.29, 1.82) is 0 Å². The fraction of sp³-hybridized carbons (Fsp3) is 0.400. The Kier molecular flexibility index (Phi) is 4.71. The van der Waals surface area contributed by atoms with E-state index in [9.17, 15) is 4.79 Å². The van der Waals surface area contributed by atoms with Gasteiger partial charge in [0.2, 0.25) is 5.91 Å². The van der Waals surface area contributed by atoms with Crippen molar-refractivity contribution in [1.82, 2.24) is 4.90 Å². The molecule has 0 saturated carbocycles. The highest BCUT2D eigenvalue weighted by molar-refractivity contribution is 5.81. The Bertz CT molecular complexity index is 445. The van der Waals surface area contributed by atoms with E-state index in [1.807, 2.05) is 42.5 Å². The first-order valence-electron chi connectivity index (χ1n) is 6.58. The van der Waals surface area contributed by atoms with Crippen molar-refractivity contribution in [3.05, 3.63) is 48.0 Å². The SMILES string of the molecule is NC1C=CC(C(=O)N(CCO)Cc2ccccc2)C1. The Morgan fingerprint density at radius 3 is 2.63 bits per heavy atom. The summed E-state index contributed by atoms with van der Waals surface area (Å²) in [5.74, 6) is -0.104. The van der Waals surface area contributed by atoms with Crippen molar-refractivity contribution < 1.29 is 9.90 Å². The summed E-state index contributed by atoms with van der Waals surface area (Å²) in [7, 11) is 0. The van der Waals surface area contributed by atoms with E-state index >= 15 is 0 Å². The molecule has 2 atom stereocenters. The molecule has 4 heteroatoms. The molecule has 0 aromatic heterocycles. The third-order valence-electron chi connectivity index (χ3n) is 3.33. The summed E-state index contributed by atoms with van der Waals surface area (Å²) in [6.07, 6.45) is 4.42. The van der Waals surface area contributed by atoms with Crippen LogP contribution in [0.2, 0.25) is 0 Å². The van der Waals surface area contributed by atoms with E-state index in [0.717, 1.165) is 5.56 Å². The first-order valence-corrected chi connectivity index (χ1v) is 6.58. The lowest BCUT2D eigenvalue weighted by Crippen LogP contribution is -2.37. The maximum atomic E-state index is 12.4. The zero-order valence-corrected chi connectivity index (χ0v) is 10.9. The van der Waals surface area contributed by atoms with Crippen LogP contribution in [0.5, 0.6) is 0 Å². The second-order valence-corrected chi connectivity index (χ2v) is 4.86. The van der Waals surface area contributed by atoms with E-state index in [2.05, 4.69) is 0 Å². The van der Waals surface area contributed by atoms with Crippen LogP contribution in [0.3, 0.4) is 0 Å². The van der Waals surface area contributed by atoms with Gasteiger partial charge in [-0.05, 0) is 12.0 Å². The van der Waals surface area contributed by atoms with Gasteiger partial charge in [0.25, 0.3) is 0 Å². The molecule has 0 spiro atoms. The average Bonchev–Trinajstić information content (AvgIpc) is 2.85. The van der Waals surface area contributed by atoms with Crippen LogP contribution in [-0.2, 0) is 11.3 Å². The summed E-state index contributed by atoms with van der Waals surface area (Å²) in [6.45, 7) is 0.855. The highest BCUT2D eigenvalue weighted by atomic mass is 16.3. The highest BCUT2D eigenvalue weighted by Gasteiger charge is 2.26. The Balaban J connectivity index is 2.03. The fourth-order valence-electron chi connectivity index (χ4n) is 2.34. The fourth-order valence-corrected chi connectivity index (χ4v) is 2.34. The van der Waals surface area contributed by atoms with Gasteiger partial charge < -0.3 is 15.7 Å². The predicted molar refractivity (Wildman–Crippen MR) is 74.2 cm³/mol. The number of nitrogens with two attached hydrogens (primary N) is 1. The van der Waals surface area contributed by atoms with Gasteiger partial charge in [0.05, 0.1) is 12.5 Å². The molecule has 3 N–H and O–H groups in total. The minimum absolute atomic E-state index is 0.0262. The van der Waals surface area contributed by atoms with Crippen LogP contribution in [0.4, 0.5) is 0 Å². The number of carbonyl (C=O) groups excluding carboxylic acids is 1. The first-order chi connectivity index (χ1) is 9.20. The van der Waals surface area contributed by atoms with Crippen LogP contribution in [0.1, 0.15) is 12.0 Å². The number of amides is 1. The molecule has 19 heavy (non-hydrogen) atoms. The molecule has 0 aliphatic heterocycles. The molecule has 0 heterocycles. The smallest absolute Gasteiger partial charge is 0.229 e. The second-order valence-electron chi connectivity index (χ2n) is 4.86. The topological polar surface area (TPSA) is 66.6 Å². The lowest BCUT2D eigenvalue weighted by Gasteiger charge is -2.24. The summed E-state index contributed by atoms with van der Waals surface area (Å²) in [5, 5.41) is 9.12. The zero-order valence-electron chi connectivity index (χ0n) is 10.9. The molecule has 1 aliphatic carbocycles. The summed E-state index contributed by atoms with van der Waals surface area (Å²) >= 11 is 0. The Labute approximate surface area is 113 Å². The van der Waals surface area contributed by atoms with E-state index in [1.165, 1.54) is 0 Å². The quantitative estimate of drug-likeness (QED) is 0.773. The number of hydrogen-bond acceptors (Lipinski definition) is 3. The standard InChI is InChI=1S/C15H20N2O2/c16-14-7-6-13(10-14)15(19)17(8-9-18)11-12-4-2-1-3-5-12/h1-7,13-14,18H,8-11,16H2. The van der Waals surface area contributed by atoms with E-state index < -0.39 is 0 Å². The number of aliphatic hydroxyl groups excluding tert-OH is 1. The monoisotopic (exact) mass is 260 g/mol. The van der Waals surface area contributed by atoms with Crippen molar-refractivity contribution in [2.75, 3.05) is 13.2 Å². The minimum Gasteiger partial charge on any atom is -0.395 e. The van der Waals surface area contributed by atoms with Gasteiger partial charge in [0, 0.05) is 19.1 Å². The molecule has 2 rings (SSSR count). The highest BCUT2D eigenvalue weighted by Crippen LogP contribution is 2.20. The molecule has 2 unspecified atom stereocenters. The number of aliphatic hydroxyl groups is 1. The molecule has 0 radical (unpaired) electrons. The van der Waals surface area contributed by atoms with Gasteiger partial charge in [0.15, 0.2) is 0 Å². The number of hydrogen-bond donors (Lipinski definition) is 2. The number of rotatable bonds is 5. The van der Waals surface area contributed by atoms with Gasteiger partial charge in [-0.1, -0.05) is 42.5 Å². The second kappa shape index (κ2) is 6.50. The van der Waals surface area contributed by atoms with Crippen molar-refractivity contribution in [2.45, 2.75) is 19.0 Å². The lowest BCUT2D eigenvalue weighted by molar-refractivity contribution is -0.135. The Morgan fingerprint density at radius 1 is 1.32 bits per heavy atom. The molecule has 0 fully saturated rings. The van der Waals surface area contributed by atoms with Crippen molar-refractivity contribution in [3.8, 4) is 0 Å². The van der Waals surface area contributed by atoms with Crippen LogP contribution in [0.25, 0.3) is 0 Å². The van der Waals surface area contributed by atoms with Crippen molar-refractivity contribution in [3.63, 3.8) is 0 Å². The number of nitrogens with zero attached hydrogens (tertiary/aromatic N) is 1. The molecular formula is C15H20N2O2. The lowest BCUT2D eigenvalue weighted by atomic mass is 10.1. The summed E-state index contributed by atoms with van der Waals surface area (Å²) < 4.78 is 0. The largest absolute Gasteiger partial charge is 0.395 e. The van der Waals surface area contributed by atoms with Crippen LogP contribution in [0, 0.1) is 5.92 Å². The van der Waals surface area contributed by atoms with Gasteiger partial charge in [-0.3, -0.25) is 4.79 Å². The molecular weight excluding hydrogens is 240 g/mol. The van der Waals surface area contributed by atoms with Crippen LogP contribution >= 0.6 is 0 Å². The number of carbonyl (C=O) groups is 1. The van der Waals surface area contributed by atoms with Crippen LogP contribution in [0.15, 0.2) is 42.5 Å². The third-order valence-corrected chi connectivity index (χ3v) is 3.33. The van der Waals surface area contributed by atoms with Crippen molar-refractivity contribution in [2.24, 2.45) is 11.7 Å². The van der Waals surface area contributed by atoms with E-state index in [1.54, 1.807) is 4.90 Å². The molecule has 1 amide bonds. The van der Waals surface area contributed by atoms with E-state index in [4.69, 9.17) is 10.8 Å². The molecule has 1 aromatic rings. The maximum Gasteiger partial charge on any atom is 0.229 e. The first kappa shape index (κ1) is 13.8. The molecule has 102 valence electrons. The summed E-state index contributed by atoms with van der Waals surface area (Å²) in [4.78, 5) is 14.1. The van der Waals surface area contributed by atoms with Gasteiger partial charge in [-0.25, -0.2) is 0 Å². The summed E-state index contributed by atoms with van der Waals surface area (Å²) in [5.41, 5.74) is 6.85. The van der Waals surface area contributed by atoms with Gasteiger partial charge >= 0.3 is 0 Å². The third kappa shape index (κ3) is 3.66. The van der Waals surface area contributed by atoms with Crippen molar-refractivity contribution >= 4 is 5.91 Å². The normalized spacial score (nSPS) is 21.6. The van der Waals surface area contributed by atoms with Crippen LogP contribution < -0.4 is 5.73 Å². The average molecular weight is 260 g/mol. The Morgan fingerprint density at radius 2 is 2.05 bits per heavy atom.